The van der Waals surface area contributed by atoms with Gasteiger partial charge in [0.05, 0.1) is 11.7 Å². The smallest absolute Gasteiger partial charge is 0.271 e. The van der Waals surface area contributed by atoms with Gasteiger partial charge in [-0.15, -0.1) is 0 Å². The van der Waals surface area contributed by atoms with Crippen LogP contribution in [0.15, 0.2) is 41.3 Å². The predicted molar refractivity (Wildman–Crippen MR) is 103 cm³/mol. The fourth-order valence-corrected chi connectivity index (χ4v) is 3.74. The molecule has 148 valence electrons. The number of hydrogen-bond acceptors (Lipinski definition) is 5. The molecule has 28 heavy (non-hydrogen) atoms. The fourth-order valence-electron chi connectivity index (χ4n) is 3.74. The van der Waals surface area contributed by atoms with Gasteiger partial charge in [-0.2, -0.15) is 5.10 Å². The zero-order chi connectivity index (χ0) is 19.9. The zero-order valence-electron chi connectivity index (χ0n) is 15.9. The maximum absolute atomic E-state index is 12.1. The number of aromatic nitrogens is 3. The lowest BCUT2D eigenvalue weighted by Gasteiger charge is -2.34. The van der Waals surface area contributed by atoms with Gasteiger partial charge in [-0.1, -0.05) is 6.07 Å². The van der Waals surface area contributed by atoms with Gasteiger partial charge in [-0.3, -0.25) is 19.4 Å². The van der Waals surface area contributed by atoms with Crippen LogP contribution < -0.4 is 16.2 Å². The third-order valence-corrected chi connectivity index (χ3v) is 5.19. The van der Waals surface area contributed by atoms with Crippen molar-refractivity contribution in [3.05, 3.63) is 58.3 Å². The van der Waals surface area contributed by atoms with Crippen LogP contribution in [0.1, 0.15) is 54.8 Å². The Morgan fingerprint density at radius 2 is 1.96 bits per heavy atom. The minimum atomic E-state index is -0.337. The number of pyridine rings is 1. The van der Waals surface area contributed by atoms with Gasteiger partial charge in [0, 0.05) is 25.7 Å². The molecule has 2 aromatic heterocycles. The highest BCUT2D eigenvalue weighted by molar-refractivity contribution is 5.91. The number of hydrogen-bond donors (Lipinski definition) is 3. The molecule has 0 bridgehead atoms. The Labute approximate surface area is 163 Å². The Balaban J connectivity index is 1.52. The Morgan fingerprint density at radius 3 is 2.57 bits per heavy atom. The average molecular weight is 383 g/mol. The molecule has 1 fully saturated rings. The SMILES string of the molecule is CC(=O)NC(c1ccccn1)C1CCC(CNC(=O)c2ccc(=O)[nH]n2)CC1. The van der Waals surface area contributed by atoms with E-state index in [1.54, 1.807) is 6.20 Å². The third kappa shape index (κ3) is 5.25. The zero-order valence-corrected chi connectivity index (χ0v) is 15.9. The first-order chi connectivity index (χ1) is 13.5. The van der Waals surface area contributed by atoms with Crippen molar-refractivity contribution in [3.63, 3.8) is 0 Å². The molecule has 1 saturated carbocycles. The highest BCUT2D eigenvalue weighted by Crippen LogP contribution is 2.36. The molecule has 1 aliphatic rings. The summed E-state index contributed by atoms with van der Waals surface area (Å²) in [6, 6.07) is 8.36. The number of aromatic amines is 1. The molecule has 1 atom stereocenters. The molecule has 1 aliphatic carbocycles. The van der Waals surface area contributed by atoms with E-state index in [-0.39, 0.29) is 29.1 Å². The van der Waals surface area contributed by atoms with E-state index in [9.17, 15) is 14.4 Å². The van der Waals surface area contributed by atoms with Gasteiger partial charge in [0.25, 0.3) is 11.5 Å². The lowest BCUT2D eigenvalue weighted by atomic mass is 9.77. The van der Waals surface area contributed by atoms with Gasteiger partial charge in [0.2, 0.25) is 5.91 Å². The first-order valence-electron chi connectivity index (χ1n) is 9.55. The molecule has 3 N–H and O–H groups in total. The maximum Gasteiger partial charge on any atom is 0.271 e. The van der Waals surface area contributed by atoms with Crippen LogP contribution in [0, 0.1) is 11.8 Å². The molecule has 2 amide bonds. The summed E-state index contributed by atoms with van der Waals surface area (Å²) in [5.74, 6) is 0.359. The Hall–Kier alpha value is -3.03. The quantitative estimate of drug-likeness (QED) is 0.700. The summed E-state index contributed by atoms with van der Waals surface area (Å²) in [6.45, 7) is 2.10. The van der Waals surface area contributed by atoms with Crippen molar-refractivity contribution in [2.24, 2.45) is 11.8 Å². The predicted octanol–water partition coefficient (Wildman–Crippen LogP) is 1.58. The van der Waals surface area contributed by atoms with E-state index in [2.05, 4.69) is 25.8 Å². The van der Waals surface area contributed by atoms with Crippen molar-refractivity contribution >= 4 is 11.8 Å². The van der Waals surface area contributed by atoms with Crippen molar-refractivity contribution < 1.29 is 9.59 Å². The number of carbonyl (C=O) groups is 2. The largest absolute Gasteiger partial charge is 0.350 e. The Morgan fingerprint density at radius 1 is 1.18 bits per heavy atom. The minimum absolute atomic E-state index is 0.0570. The fraction of sp³-hybridized carbons (Fsp3) is 0.450. The first-order valence-corrected chi connectivity index (χ1v) is 9.55. The van der Waals surface area contributed by atoms with Crippen LogP contribution in [0.4, 0.5) is 0 Å². The molecular formula is C20H25N5O3. The number of carbonyl (C=O) groups excluding carboxylic acids is 2. The minimum Gasteiger partial charge on any atom is -0.350 e. The molecule has 0 aliphatic heterocycles. The first kappa shape index (κ1) is 19.7. The average Bonchev–Trinajstić information content (AvgIpc) is 2.72. The number of nitrogens with zero attached hydrogens (tertiary/aromatic N) is 2. The normalized spacial score (nSPS) is 20.2. The summed E-state index contributed by atoms with van der Waals surface area (Å²) >= 11 is 0. The van der Waals surface area contributed by atoms with Crippen LogP contribution in [0.3, 0.4) is 0 Å². The number of H-pyrrole nitrogens is 1. The molecule has 2 heterocycles. The van der Waals surface area contributed by atoms with Gasteiger partial charge < -0.3 is 10.6 Å². The van der Waals surface area contributed by atoms with E-state index >= 15 is 0 Å². The Kier molecular flexibility index (Phi) is 6.52. The third-order valence-electron chi connectivity index (χ3n) is 5.19. The van der Waals surface area contributed by atoms with Crippen molar-refractivity contribution in [1.29, 1.82) is 0 Å². The van der Waals surface area contributed by atoms with Crippen LogP contribution in [-0.4, -0.2) is 33.5 Å². The van der Waals surface area contributed by atoms with Gasteiger partial charge in [0.15, 0.2) is 0 Å². The van der Waals surface area contributed by atoms with Gasteiger partial charge in [-0.05, 0) is 55.7 Å². The van der Waals surface area contributed by atoms with Crippen molar-refractivity contribution in [2.75, 3.05) is 6.54 Å². The number of amides is 2. The van der Waals surface area contributed by atoms with Gasteiger partial charge in [0.1, 0.15) is 5.69 Å². The summed E-state index contributed by atoms with van der Waals surface area (Å²) < 4.78 is 0. The molecule has 0 saturated heterocycles. The number of nitrogens with one attached hydrogen (secondary N) is 3. The standard InChI is InChI=1S/C20H25N5O3/c1-13(26)23-19(16-4-2-3-11-21-16)15-7-5-14(6-8-15)12-22-20(28)17-9-10-18(27)25-24-17/h2-4,9-11,14-15,19H,5-8,12H2,1H3,(H,22,28)(H,23,26)(H,25,27). The lowest BCUT2D eigenvalue weighted by Crippen LogP contribution is -2.36. The van der Waals surface area contributed by atoms with E-state index in [4.69, 9.17) is 0 Å². The van der Waals surface area contributed by atoms with Crippen LogP contribution >= 0.6 is 0 Å². The molecular weight excluding hydrogens is 358 g/mol. The van der Waals surface area contributed by atoms with Crippen LogP contribution in [0.2, 0.25) is 0 Å². The highest BCUT2D eigenvalue weighted by atomic mass is 16.2. The van der Waals surface area contributed by atoms with E-state index in [1.807, 2.05) is 18.2 Å². The highest BCUT2D eigenvalue weighted by Gasteiger charge is 2.30. The van der Waals surface area contributed by atoms with E-state index in [0.29, 0.717) is 18.4 Å². The summed E-state index contributed by atoms with van der Waals surface area (Å²) in [5.41, 5.74) is 0.754. The second-order valence-corrected chi connectivity index (χ2v) is 7.23. The second kappa shape index (κ2) is 9.25. The summed E-state index contributed by atoms with van der Waals surface area (Å²) in [5, 5.41) is 11.9. The molecule has 2 aromatic rings. The van der Waals surface area contributed by atoms with Gasteiger partial charge >= 0.3 is 0 Å². The maximum atomic E-state index is 12.1. The van der Waals surface area contributed by atoms with Crippen molar-refractivity contribution in [1.82, 2.24) is 25.8 Å². The molecule has 8 heteroatoms. The second-order valence-electron chi connectivity index (χ2n) is 7.23. The van der Waals surface area contributed by atoms with Crippen LogP contribution in [0.5, 0.6) is 0 Å². The molecule has 8 nitrogen and oxygen atoms in total. The monoisotopic (exact) mass is 383 g/mol. The molecule has 3 rings (SSSR count). The Bertz CT molecular complexity index is 839. The van der Waals surface area contributed by atoms with E-state index in [1.165, 1.54) is 19.1 Å². The van der Waals surface area contributed by atoms with E-state index in [0.717, 1.165) is 31.4 Å². The topological polar surface area (TPSA) is 117 Å². The van der Waals surface area contributed by atoms with Crippen molar-refractivity contribution in [3.8, 4) is 0 Å². The molecule has 0 spiro atoms. The van der Waals surface area contributed by atoms with Gasteiger partial charge in [-0.25, -0.2) is 5.10 Å². The summed E-state index contributed by atoms with van der Waals surface area (Å²) in [6.07, 6.45) is 5.59. The molecule has 0 aromatic carbocycles. The van der Waals surface area contributed by atoms with Crippen molar-refractivity contribution in [2.45, 2.75) is 38.6 Å². The van der Waals surface area contributed by atoms with Crippen LogP contribution in [-0.2, 0) is 4.79 Å². The van der Waals surface area contributed by atoms with E-state index < -0.39 is 0 Å². The number of rotatable bonds is 6. The molecule has 0 radical (unpaired) electrons. The summed E-state index contributed by atoms with van der Waals surface area (Å²) in [7, 11) is 0. The lowest BCUT2D eigenvalue weighted by molar-refractivity contribution is -0.120. The van der Waals surface area contributed by atoms with Crippen LogP contribution in [0.25, 0.3) is 0 Å². The molecule has 1 unspecified atom stereocenters. The summed E-state index contributed by atoms with van der Waals surface area (Å²) in [4.78, 5) is 39.2.